The Balaban J connectivity index is 0.00000264. The number of nitrogens with zero attached hydrogens (tertiary/aromatic N) is 1. The third kappa shape index (κ3) is 4.88. The number of rotatable bonds is 4. The van der Waals surface area contributed by atoms with Crippen LogP contribution in [0.15, 0.2) is 18.2 Å². The van der Waals surface area contributed by atoms with E-state index in [2.05, 4.69) is 0 Å². The van der Waals surface area contributed by atoms with Crippen molar-refractivity contribution in [2.45, 2.75) is 51.1 Å². The van der Waals surface area contributed by atoms with Crippen LogP contribution in [-0.2, 0) is 4.79 Å². The lowest BCUT2D eigenvalue weighted by atomic mass is 9.82. The van der Waals surface area contributed by atoms with Gasteiger partial charge in [-0.1, -0.05) is 12.8 Å². The van der Waals surface area contributed by atoms with Crippen LogP contribution in [0.1, 0.15) is 50.6 Å². The van der Waals surface area contributed by atoms with Crippen LogP contribution in [-0.4, -0.2) is 23.9 Å². The standard InChI is InChI=1S/C17H24F2N2O.ClH/c1-11(14-10-13(18)7-8-15(14)19)21(2)17(22)9-12-5-3-4-6-16(12)20;/h7-8,10-12,16H,3-6,9,20H2,1-2H3;1H. The molecule has 0 radical (unpaired) electrons. The average Bonchev–Trinajstić information content (AvgIpc) is 2.50. The van der Waals surface area contributed by atoms with Crippen molar-refractivity contribution < 1.29 is 13.6 Å². The lowest BCUT2D eigenvalue weighted by Crippen LogP contribution is -2.38. The van der Waals surface area contributed by atoms with Gasteiger partial charge in [0.1, 0.15) is 11.6 Å². The molecule has 0 saturated heterocycles. The number of halogens is 3. The minimum absolute atomic E-state index is 0. The van der Waals surface area contributed by atoms with Gasteiger partial charge >= 0.3 is 0 Å². The van der Waals surface area contributed by atoms with Crippen molar-refractivity contribution in [2.24, 2.45) is 11.7 Å². The summed E-state index contributed by atoms with van der Waals surface area (Å²) in [6.45, 7) is 1.70. The fourth-order valence-corrected chi connectivity index (χ4v) is 3.12. The van der Waals surface area contributed by atoms with E-state index >= 15 is 0 Å². The molecule has 3 nitrogen and oxygen atoms in total. The van der Waals surface area contributed by atoms with Crippen molar-refractivity contribution in [2.75, 3.05) is 7.05 Å². The van der Waals surface area contributed by atoms with E-state index in [9.17, 15) is 13.6 Å². The molecule has 0 heterocycles. The summed E-state index contributed by atoms with van der Waals surface area (Å²) in [5.74, 6) is -0.881. The maximum Gasteiger partial charge on any atom is 0.223 e. The maximum atomic E-state index is 13.8. The molecule has 130 valence electrons. The van der Waals surface area contributed by atoms with Crippen molar-refractivity contribution in [1.82, 2.24) is 4.90 Å². The number of carbonyl (C=O) groups is 1. The van der Waals surface area contributed by atoms with E-state index < -0.39 is 17.7 Å². The molecule has 0 aromatic heterocycles. The highest BCUT2D eigenvalue weighted by Crippen LogP contribution is 2.28. The van der Waals surface area contributed by atoms with Gasteiger partial charge < -0.3 is 10.6 Å². The molecule has 1 amide bonds. The quantitative estimate of drug-likeness (QED) is 0.901. The summed E-state index contributed by atoms with van der Waals surface area (Å²) in [6.07, 6.45) is 4.51. The van der Waals surface area contributed by atoms with E-state index in [0.717, 1.165) is 43.9 Å². The largest absolute Gasteiger partial charge is 0.339 e. The van der Waals surface area contributed by atoms with Gasteiger partial charge in [-0.3, -0.25) is 4.79 Å². The molecule has 2 N–H and O–H groups in total. The lowest BCUT2D eigenvalue weighted by molar-refractivity contribution is -0.133. The molecule has 1 aromatic rings. The Kier molecular flexibility index (Phi) is 7.42. The van der Waals surface area contributed by atoms with Gasteiger partial charge in [0.25, 0.3) is 0 Å². The smallest absolute Gasteiger partial charge is 0.223 e. The first-order valence-electron chi connectivity index (χ1n) is 7.86. The lowest BCUT2D eigenvalue weighted by Gasteiger charge is -2.31. The molecule has 2 rings (SSSR count). The van der Waals surface area contributed by atoms with Gasteiger partial charge in [-0.15, -0.1) is 12.4 Å². The first kappa shape index (κ1) is 19.8. The summed E-state index contributed by atoms with van der Waals surface area (Å²) in [5.41, 5.74) is 6.28. The zero-order valence-electron chi connectivity index (χ0n) is 13.6. The molecule has 0 bridgehead atoms. The summed E-state index contributed by atoms with van der Waals surface area (Å²) in [5, 5.41) is 0. The number of carbonyl (C=O) groups excluding carboxylic acids is 1. The molecule has 1 aliphatic rings. The van der Waals surface area contributed by atoms with Crippen LogP contribution in [0.5, 0.6) is 0 Å². The van der Waals surface area contributed by atoms with Gasteiger partial charge in [-0.2, -0.15) is 0 Å². The van der Waals surface area contributed by atoms with Crippen molar-refractivity contribution in [3.05, 3.63) is 35.4 Å². The van der Waals surface area contributed by atoms with Crippen molar-refractivity contribution >= 4 is 18.3 Å². The first-order chi connectivity index (χ1) is 10.4. The molecule has 3 unspecified atom stereocenters. The normalized spacial score (nSPS) is 22.1. The molecule has 1 fully saturated rings. The van der Waals surface area contributed by atoms with Crippen molar-refractivity contribution in [3.63, 3.8) is 0 Å². The summed E-state index contributed by atoms with van der Waals surface area (Å²) >= 11 is 0. The van der Waals surface area contributed by atoms with Crippen LogP contribution in [0.2, 0.25) is 0 Å². The molecule has 6 heteroatoms. The molecule has 0 spiro atoms. The molecular weight excluding hydrogens is 322 g/mol. The highest BCUT2D eigenvalue weighted by molar-refractivity contribution is 5.85. The van der Waals surface area contributed by atoms with Gasteiger partial charge in [-0.25, -0.2) is 8.78 Å². The number of hydrogen-bond donors (Lipinski definition) is 1. The zero-order valence-corrected chi connectivity index (χ0v) is 14.4. The van der Waals surface area contributed by atoms with Crippen LogP contribution in [0.3, 0.4) is 0 Å². The summed E-state index contributed by atoms with van der Waals surface area (Å²) in [6, 6.07) is 2.87. The fraction of sp³-hybridized carbons (Fsp3) is 0.588. The second kappa shape index (κ2) is 8.60. The van der Waals surface area contributed by atoms with E-state index in [1.807, 2.05) is 0 Å². The maximum absolute atomic E-state index is 13.8. The molecule has 1 aromatic carbocycles. The minimum Gasteiger partial charge on any atom is -0.339 e. The Bertz CT molecular complexity index is 541. The van der Waals surface area contributed by atoms with E-state index in [0.29, 0.717) is 6.42 Å². The summed E-state index contributed by atoms with van der Waals surface area (Å²) < 4.78 is 27.1. The third-order valence-electron chi connectivity index (χ3n) is 4.79. The predicted molar refractivity (Wildman–Crippen MR) is 89.3 cm³/mol. The second-order valence-electron chi connectivity index (χ2n) is 6.26. The van der Waals surface area contributed by atoms with Gasteiger partial charge in [0.2, 0.25) is 5.91 Å². The predicted octanol–water partition coefficient (Wildman–Crippen LogP) is 3.81. The molecule has 23 heavy (non-hydrogen) atoms. The topological polar surface area (TPSA) is 46.3 Å². The Morgan fingerprint density at radius 1 is 1.35 bits per heavy atom. The number of nitrogens with two attached hydrogens (primary N) is 1. The average molecular weight is 347 g/mol. The Labute approximate surface area is 142 Å². The van der Waals surface area contributed by atoms with E-state index in [-0.39, 0.29) is 35.8 Å². The second-order valence-corrected chi connectivity index (χ2v) is 6.26. The molecular formula is C17H25ClF2N2O. The van der Waals surface area contributed by atoms with Gasteiger partial charge in [0.05, 0.1) is 6.04 Å². The molecule has 3 atom stereocenters. The molecule has 1 aliphatic carbocycles. The SMILES string of the molecule is CC(c1cc(F)ccc1F)N(C)C(=O)CC1CCCCC1N.Cl. The van der Waals surface area contributed by atoms with Gasteiger partial charge in [-0.05, 0) is 43.9 Å². The fourth-order valence-electron chi connectivity index (χ4n) is 3.12. The van der Waals surface area contributed by atoms with Gasteiger partial charge in [0, 0.05) is 25.1 Å². The number of amides is 1. The van der Waals surface area contributed by atoms with Crippen LogP contribution < -0.4 is 5.73 Å². The van der Waals surface area contributed by atoms with E-state index in [4.69, 9.17) is 5.73 Å². The van der Waals surface area contributed by atoms with Crippen LogP contribution >= 0.6 is 12.4 Å². The summed E-state index contributed by atoms with van der Waals surface area (Å²) in [4.78, 5) is 13.9. The summed E-state index contributed by atoms with van der Waals surface area (Å²) in [7, 11) is 1.63. The van der Waals surface area contributed by atoms with E-state index in [1.54, 1.807) is 14.0 Å². The zero-order chi connectivity index (χ0) is 16.3. The Morgan fingerprint density at radius 2 is 2.00 bits per heavy atom. The van der Waals surface area contributed by atoms with Gasteiger partial charge in [0.15, 0.2) is 0 Å². The van der Waals surface area contributed by atoms with E-state index in [1.165, 1.54) is 4.90 Å². The first-order valence-corrected chi connectivity index (χ1v) is 7.86. The van der Waals surface area contributed by atoms with Crippen LogP contribution in [0.25, 0.3) is 0 Å². The molecule has 1 saturated carbocycles. The van der Waals surface area contributed by atoms with Crippen LogP contribution in [0, 0.1) is 17.6 Å². The molecule has 0 aliphatic heterocycles. The monoisotopic (exact) mass is 346 g/mol. The van der Waals surface area contributed by atoms with Crippen LogP contribution in [0.4, 0.5) is 8.78 Å². The number of hydrogen-bond acceptors (Lipinski definition) is 2. The van der Waals surface area contributed by atoms with Crippen molar-refractivity contribution in [1.29, 1.82) is 0 Å². The third-order valence-corrected chi connectivity index (χ3v) is 4.79. The van der Waals surface area contributed by atoms with Crippen molar-refractivity contribution in [3.8, 4) is 0 Å². The Morgan fingerprint density at radius 3 is 2.65 bits per heavy atom. The minimum atomic E-state index is -0.511. The Hall–Kier alpha value is -1.20. The highest BCUT2D eigenvalue weighted by Gasteiger charge is 2.27. The number of benzene rings is 1. The highest BCUT2D eigenvalue weighted by atomic mass is 35.5.